The van der Waals surface area contributed by atoms with E-state index in [0.29, 0.717) is 6.54 Å². The zero-order valence-corrected chi connectivity index (χ0v) is 15.8. The third-order valence-corrected chi connectivity index (χ3v) is 5.13. The molecule has 0 saturated carbocycles. The summed E-state index contributed by atoms with van der Waals surface area (Å²) in [4.78, 5) is 24.0. The number of nitrogens with zero attached hydrogens (tertiary/aromatic N) is 2. The molecule has 0 spiro atoms. The number of thiazole rings is 1. The number of hydrogen-bond acceptors (Lipinski definition) is 6. The molecule has 2 aromatic heterocycles. The number of aromatic nitrogens is 3. The number of ether oxygens (including phenoxy) is 1. The van der Waals surface area contributed by atoms with E-state index in [2.05, 4.69) is 20.3 Å². The first-order valence-electron chi connectivity index (χ1n) is 7.86. The maximum Gasteiger partial charge on any atom is 0.246 e. The van der Waals surface area contributed by atoms with Crippen molar-refractivity contribution in [2.45, 2.75) is 25.8 Å². The minimum absolute atomic E-state index is 0.00210. The van der Waals surface area contributed by atoms with Crippen molar-refractivity contribution in [2.24, 2.45) is 0 Å². The number of carbonyl (C=O) groups excluding carboxylic acids is 1. The number of thioether (sulfide) groups is 1. The Morgan fingerprint density at radius 2 is 2.28 bits per heavy atom. The lowest BCUT2D eigenvalue weighted by atomic mass is 10.2. The molecule has 0 unspecified atom stereocenters. The Morgan fingerprint density at radius 1 is 1.40 bits per heavy atom. The molecular weight excluding hydrogens is 356 g/mol. The van der Waals surface area contributed by atoms with E-state index >= 15 is 0 Å². The summed E-state index contributed by atoms with van der Waals surface area (Å²) in [5, 5.41) is 5.87. The highest BCUT2D eigenvalue weighted by molar-refractivity contribution is 7.97. The quantitative estimate of drug-likeness (QED) is 0.632. The van der Waals surface area contributed by atoms with Gasteiger partial charge in [0.2, 0.25) is 5.91 Å². The average molecular weight is 377 g/mol. The van der Waals surface area contributed by atoms with E-state index in [1.807, 2.05) is 36.8 Å². The lowest BCUT2D eigenvalue weighted by Gasteiger charge is -2.03. The Kier molecular flexibility index (Phi) is 6.06. The van der Waals surface area contributed by atoms with Crippen LogP contribution in [0, 0.1) is 6.92 Å². The van der Waals surface area contributed by atoms with Crippen LogP contribution in [0.4, 0.5) is 0 Å². The fourth-order valence-electron chi connectivity index (χ4n) is 2.35. The molecule has 0 fully saturated rings. The number of aryl methyl sites for hydroxylation is 1. The molecular formula is C17H20N4O2S2. The van der Waals surface area contributed by atoms with E-state index < -0.39 is 0 Å². The van der Waals surface area contributed by atoms with Gasteiger partial charge in [-0.15, -0.1) is 11.3 Å². The van der Waals surface area contributed by atoms with Gasteiger partial charge in [0.05, 0.1) is 23.3 Å². The molecule has 8 heteroatoms. The van der Waals surface area contributed by atoms with E-state index in [-0.39, 0.29) is 19.1 Å². The predicted molar refractivity (Wildman–Crippen MR) is 102 cm³/mol. The lowest BCUT2D eigenvalue weighted by Crippen LogP contribution is -2.27. The van der Waals surface area contributed by atoms with Crippen LogP contribution in [0.3, 0.4) is 0 Å². The van der Waals surface area contributed by atoms with E-state index in [0.717, 1.165) is 33.3 Å². The van der Waals surface area contributed by atoms with Gasteiger partial charge in [-0.05, 0) is 30.9 Å². The van der Waals surface area contributed by atoms with E-state index in [4.69, 9.17) is 4.74 Å². The topological polar surface area (TPSA) is 79.9 Å². The van der Waals surface area contributed by atoms with Crippen LogP contribution in [0.2, 0.25) is 0 Å². The third kappa shape index (κ3) is 5.04. The summed E-state index contributed by atoms with van der Waals surface area (Å²) in [6, 6.07) is 6.03. The molecule has 3 rings (SSSR count). The van der Waals surface area contributed by atoms with Crippen LogP contribution >= 0.6 is 23.1 Å². The Balaban J connectivity index is 1.42. The number of aromatic amines is 1. The van der Waals surface area contributed by atoms with Crippen LogP contribution in [0.15, 0.2) is 23.6 Å². The summed E-state index contributed by atoms with van der Waals surface area (Å²) < 4.78 is 5.45. The SMILES string of the molecule is CSCc1nc(CNC(=O)COCc2nc3ccc(C)cc3[nH]2)cs1. The zero-order valence-electron chi connectivity index (χ0n) is 14.2. The first-order valence-corrected chi connectivity index (χ1v) is 10.1. The second-order valence-electron chi connectivity index (χ2n) is 5.64. The van der Waals surface area contributed by atoms with Crippen molar-refractivity contribution in [2.75, 3.05) is 12.9 Å². The normalized spacial score (nSPS) is 11.1. The molecule has 1 aromatic carbocycles. The number of imidazole rings is 1. The van der Waals surface area contributed by atoms with Crippen LogP contribution in [0.25, 0.3) is 11.0 Å². The Bertz CT molecular complexity index is 859. The fraction of sp³-hybridized carbons (Fsp3) is 0.353. The van der Waals surface area contributed by atoms with Crippen molar-refractivity contribution in [3.8, 4) is 0 Å². The smallest absolute Gasteiger partial charge is 0.246 e. The number of H-pyrrole nitrogens is 1. The Morgan fingerprint density at radius 3 is 3.12 bits per heavy atom. The maximum atomic E-state index is 11.9. The average Bonchev–Trinajstić information content (AvgIpc) is 3.19. The Labute approximate surface area is 154 Å². The molecule has 0 bridgehead atoms. The molecule has 1 amide bonds. The van der Waals surface area contributed by atoms with Gasteiger partial charge in [0, 0.05) is 11.1 Å². The number of carbonyl (C=O) groups is 1. The van der Waals surface area contributed by atoms with Crippen LogP contribution < -0.4 is 5.32 Å². The summed E-state index contributed by atoms with van der Waals surface area (Å²) in [6.45, 7) is 2.73. The molecule has 132 valence electrons. The number of amides is 1. The molecule has 2 heterocycles. The number of fused-ring (bicyclic) bond motifs is 1. The van der Waals surface area contributed by atoms with Crippen LogP contribution in [0.5, 0.6) is 0 Å². The molecule has 3 aromatic rings. The van der Waals surface area contributed by atoms with Crippen molar-refractivity contribution in [3.63, 3.8) is 0 Å². The lowest BCUT2D eigenvalue weighted by molar-refractivity contribution is -0.126. The molecule has 0 radical (unpaired) electrons. The van der Waals surface area contributed by atoms with Crippen LogP contribution in [-0.4, -0.2) is 33.7 Å². The first kappa shape index (κ1) is 17.9. The third-order valence-electron chi connectivity index (χ3n) is 3.49. The minimum Gasteiger partial charge on any atom is -0.364 e. The molecule has 0 aliphatic heterocycles. The van der Waals surface area contributed by atoms with Crippen molar-refractivity contribution in [3.05, 3.63) is 45.7 Å². The molecule has 25 heavy (non-hydrogen) atoms. The van der Waals surface area contributed by atoms with Crippen molar-refractivity contribution in [1.82, 2.24) is 20.3 Å². The van der Waals surface area contributed by atoms with Gasteiger partial charge in [0.15, 0.2) is 0 Å². The number of hydrogen-bond donors (Lipinski definition) is 2. The molecule has 2 N–H and O–H groups in total. The van der Waals surface area contributed by atoms with Gasteiger partial charge in [-0.1, -0.05) is 6.07 Å². The monoisotopic (exact) mass is 376 g/mol. The van der Waals surface area contributed by atoms with Gasteiger partial charge in [-0.3, -0.25) is 4.79 Å². The summed E-state index contributed by atoms with van der Waals surface area (Å²) in [5.74, 6) is 1.46. The largest absolute Gasteiger partial charge is 0.364 e. The summed E-state index contributed by atoms with van der Waals surface area (Å²) >= 11 is 3.35. The van der Waals surface area contributed by atoms with Gasteiger partial charge in [0.1, 0.15) is 24.0 Å². The summed E-state index contributed by atoms with van der Waals surface area (Å²) in [6.07, 6.45) is 2.04. The maximum absolute atomic E-state index is 11.9. The highest BCUT2D eigenvalue weighted by Crippen LogP contribution is 2.15. The molecule has 0 atom stereocenters. The standard InChI is InChI=1S/C17H20N4O2S2/c1-11-3-4-13-14(5-11)21-15(20-13)7-23-8-16(22)18-6-12-9-25-17(19-12)10-24-2/h3-5,9H,6-8,10H2,1-2H3,(H,18,22)(H,20,21). The first-order chi connectivity index (χ1) is 12.1. The second kappa shape index (κ2) is 8.46. The van der Waals surface area contributed by atoms with E-state index in [1.165, 1.54) is 5.56 Å². The van der Waals surface area contributed by atoms with E-state index in [1.54, 1.807) is 23.1 Å². The van der Waals surface area contributed by atoms with Crippen molar-refractivity contribution in [1.29, 1.82) is 0 Å². The highest BCUT2D eigenvalue weighted by Gasteiger charge is 2.07. The molecule has 0 aliphatic rings. The van der Waals surface area contributed by atoms with E-state index in [9.17, 15) is 4.79 Å². The Hall–Kier alpha value is -1.90. The summed E-state index contributed by atoms with van der Waals surface area (Å²) in [5.41, 5.74) is 3.94. The number of benzene rings is 1. The van der Waals surface area contributed by atoms with Gasteiger partial charge in [-0.25, -0.2) is 9.97 Å². The number of nitrogens with one attached hydrogen (secondary N) is 2. The molecule has 0 aliphatic carbocycles. The van der Waals surface area contributed by atoms with Gasteiger partial charge >= 0.3 is 0 Å². The van der Waals surface area contributed by atoms with Crippen LogP contribution in [-0.2, 0) is 28.4 Å². The van der Waals surface area contributed by atoms with Crippen molar-refractivity contribution < 1.29 is 9.53 Å². The highest BCUT2D eigenvalue weighted by atomic mass is 32.2. The number of rotatable bonds is 8. The second-order valence-corrected chi connectivity index (χ2v) is 7.45. The molecule has 6 nitrogen and oxygen atoms in total. The van der Waals surface area contributed by atoms with Gasteiger partial charge in [-0.2, -0.15) is 11.8 Å². The summed E-state index contributed by atoms with van der Waals surface area (Å²) in [7, 11) is 0. The fourth-order valence-corrected chi connectivity index (χ4v) is 3.86. The molecule has 0 saturated heterocycles. The van der Waals surface area contributed by atoms with Crippen LogP contribution in [0.1, 0.15) is 22.1 Å². The van der Waals surface area contributed by atoms with Gasteiger partial charge in [0.25, 0.3) is 0 Å². The minimum atomic E-state index is -0.161. The van der Waals surface area contributed by atoms with Crippen molar-refractivity contribution >= 4 is 40.0 Å². The predicted octanol–water partition coefficient (Wildman–Crippen LogP) is 3.02. The van der Waals surface area contributed by atoms with Gasteiger partial charge < -0.3 is 15.0 Å². The zero-order chi connectivity index (χ0) is 17.6.